The SMILES string of the molecule is CS(=O)(=O)NC[C@H]1CCCCN1C(=O)Cc1c(Cl)cccc1Cl. The maximum absolute atomic E-state index is 12.6. The van der Waals surface area contributed by atoms with E-state index in [2.05, 4.69) is 4.72 Å². The first-order chi connectivity index (χ1) is 10.8. The molecule has 1 aliphatic heterocycles. The molecule has 1 aliphatic rings. The molecular weight excluding hydrogens is 359 g/mol. The minimum atomic E-state index is -3.28. The minimum Gasteiger partial charge on any atom is -0.338 e. The second-order valence-electron chi connectivity index (χ2n) is 5.73. The van der Waals surface area contributed by atoms with E-state index in [4.69, 9.17) is 23.2 Å². The molecule has 0 bridgehead atoms. The predicted molar refractivity (Wildman–Crippen MR) is 92.4 cm³/mol. The van der Waals surface area contributed by atoms with Crippen molar-refractivity contribution in [2.45, 2.75) is 31.7 Å². The fraction of sp³-hybridized carbons (Fsp3) is 0.533. The Bertz CT molecular complexity index is 659. The maximum atomic E-state index is 12.6. The van der Waals surface area contributed by atoms with Crippen molar-refractivity contribution in [2.24, 2.45) is 0 Å². The molecule has 0 aromatic heterocycles. The summed E-state index contributed by atoms with van der Waals surface area (Å²) in [7, 11) is -3.28. The molecule has 1 N–H and O–H groups in total. The Morgan fingerprint density at radius 2 is 1.96 bits per heavy atom. The first-order valence-electron chi connectivity index (χ1n) is 7.45. The second kappa shape index (κ2) is 7.83. The third-order valence-corrected chi connectivity index (χ3v) is 5.32. The van der Waals surface area contributed by atoms with Crippen LogP contribution in [0.5, 0.6) is 0 Å². The van der Waals surface area contributed by atoms with Gasteiger partial charge in [0.2, 0.25) is 15.9 Å². The second-order valence-corrected chi connectivity index (χ2v) is 8.38. The molecular formula is C15H20Cl2N2O3S. The van der Waals surface area contributed by atoms with Crippen molar-refractivity contribution >= 4 is 39.1 Å². The lowest BCUT2D eigenvalue weighted by molar-refractivity contribution is -0.133. The topological polar surface area (TPSA) is 66.5 Å². The van der Waals surface area contributed by atoms with E-state index in [0.717, 1.165) is 25.5 Å². The number of hydrogen-bond donors (Lipinski definition) is 1. The van der Waals surface area contributed by atoms with E-state index in [-0.39, 0.29) is 24.9 Å². The number of nitrogens with one attached hydrogen (secondary N) is 1. The van der Waals surface area contributed by atoms with Crippen molar-refractivity contribution in [3.63, 3.8) is 0 Å². The lowest BCUT2D eigenvalue weighted by Crippen LogP contribution is -2.49. The summed E-state index contributed by atoms with van der Waals surface area (Å²) in [6.45, 7) is 0.859. The molecule has 1 amide bonds. The van der Waals surface area contributed by atoms with Gasteiger partial charge in [0.05, 0.1) is 12.7 Å². The van der Waals surface area contributed by atoms with Crippen molar-refractivity contribution in [2.75, 3.05) is 19.3 Å². The molecule has 1 fully saturated rings. The number of amides is 1. The van der Waals surface area contributed by atoms with Crippen LogP contribution in [0.1, 0.15) is 24.8 Å². The Morgan fingerprint density at radius 1 is 1.30 bits per heavy atom. The number of piperidine rings is 1. The van der Waals surface area contributed by atoms with Crippen LogP contribution < -0.4 is 4.72 Å². The van der Waals surface area contributed by atoms with Gasteiger partial charge in [-0.2, -0.15) is 0 Å². The Balaban J connectivity index is 2.09. The van der Waals surface area contributed by atoms with Gasteiger partial charge in [-0.05, 0) is 37.0 Å². The van der Waals surface area contributed by atoms with E-state index in [1.165, 1.54) is 0 Å². The van der Waals surface area contributed by atoms with Gasteiger partial charge in [0.1, 0.15) is 0 Å². The number of benzene rings is 1. The summed E-state index contributed by atoms with van der Waals surface area (Å²) in [6.07, 6.45) is 3.91. The molecule has 0 radical (unpaired) electrons. The van der Waals surface area contributed by atoms with Crippen LogP contribution in [-0.2, 0) is 21.2 Å². The van der Waals surface area contributed by atoms with Gasteiger partial charge in [0.25, 0.3) is 0 Å². The molecule has 0 aliphatic carbocycles. The van der Waals surface area contributed by atoms with E-state index in [1.54, 1.807) is 23.1 Å². The summed E-state index contributed by atoms with van der Waals surface area (Å²) in [5.74, 6) is -0.0833. The zero-order valence-electron chi connectivity index (χ0n) is 12.9. The summed E-state index contributed by atoms with van der Waals surface area (Å²) in [5, 5.41) is 0.933. The number of sulfonamides is 1. The van der Waals surface area contributed by atoms with Crippen LogP contribution in [0.2, 0.25) is 10.0 Å². The van der Waals surface area contributed by atoms with Crippen molar-refractivity contribution in [1.29, 1.82) is 0 Å². The smallest absolute Gasteiger partial charge is 0.227 e. The standard InChI is InChI=1S/C15H20Cl2N2O3S/c1-23(21,22)18-10-11-5-2-3-8-19(11)15(20)9-12-13(16)6-4-7-14(12)17/h4,6-7,11,18H,2-3,5,8-10H2,1H3/t11-/m1/s1. The summed E-state index contributed by atoms with van der Waals surface area (Å²) >= 11 is 12.2. The third kappa shape index (κ3) is 5.35. The maximum Gasteiger partial charge on any atom is 0.227 e. The van der Waals surface area contributed by atoms with Gasteiger partial charge in [-0.3, -0.25) is 4.79 Å². The fourth-order valence-electron chi connectivity index (χ4n) is 2.74. The molecule has 1 aromatic carbocycles. The van der Waals surface area contributed by atoms with Crippen molar-refractivity contribution in [1.82, 2.24) is 9.62 Å². The Morgan fingerprint density at radius 3 is 2.57 bits per heavy atom. The van der Waals surface area contributed by atoms with Crippen LogP contribution in [0.25, 0.3) is 0 Å². The van der Waals surface area contributed by atoms with E-state index in [9.17, 15) is 13.2 Å². The predicted octanol–water partition coefficient (Wildman–Crippen LogP) is 2.47. The fourth-order valence-corrected chi connectivity index (χ4v) is 3.77. The van der Waals surface area contributed by atoms with Gasteiger partial charge >= 0.3 is 0 Å². The van der Waals surface area contributed by atoms with Gasteiger partial charge in [0, 0.05) is 29.2 Å². The van der Waals surface area contributed by atoms with Crippen molar-refractivity contribution in [3.05, 3.63) is 33.8 Å². The molecule has 1 saturated heterocycles. The summed E-state index contributed by atoms with van der Waals surface area (Å²) < 4.78 is 25.1. The summed E-state index contributed by atoms with van der Waals surface area (Å²) in [6, 6.07) is 5.01. The van der Waals surface area contributed by atoms with Gasteiger partial charge in [-0.15, -0.1) is 0 Å². The molecule has 0 spiro atoms. The largest absolute Gasteiger partial charge is 0.338 e. The number of halogens is 2. The molecule has 1 heterocycles. The highest BCUT2D eigenvalue weighted by atomic mass is 35.5. The number of hydrogen-bond acceptors (Lipinski definition) is 3. The quantitative estimate of drug-likeness (QED) is 0.855. The third-order valence-electron chi connectivity index (χ3n) is 3.92. The summed E-state index contributed by atoms with van der Waals surface area (Å²) in [4.78, 5) is 14.4. The first kappa shape index (κ1) is 18.5. The molecule has 1 aromatic rings. The molecule has 5 nitrogen and oxygen atoms in total. The van der Waals surface area contributed by atoms with Gasteiger partial charge in [-0.25, -0.2) is 13.1 Å². The lowest BCUT2D eigenvalue weighted by Gasteiger charge is -2.36. The highest BCUT2D eigenvalue weighted by Gasteiger charge is 2.28. The summed E-state index contributed by atoms with van der Waals surface area (Å²) in [5.41, 5.74) is 0.612. The van der Waals surface area contributed by atoms with Crippen molar-refractivity contribution in [3.8, 4) is 0 Å². The van der Waals surface area contributed by atoms with Crippen LogP contribution in [0.4, 0.5) is 0 Å². The van der Waals surface area contributed by atoms with E-state index in [1.807, 2.05) is 0 Å². The van der Waals surface area contributed by atoms with E-state index >= 15 is 0 Å². The number of carbonyl (C=O) groups is 1. The minimum absolute atomic E-state index is 0.0833. The number of nitrogens with zero attached hydrogens (tertiary/aromatic N) is 1. The monoisotopic (exact) mass is 378 g/mol. The van der Waals surface area contributed by atoms with Crippen LogP contribution >= 0.6 is 23.2 Å². The average Bonchev–Trinajstić information content (AvgIpc) is 2.48. The van der Waals surface area contributed by atoms with Gasteiger partial charge in [-0.1, -0.05) is 29.3 Å². The Labute approximate surface area is 147 Å². The molecule has 23 heavy (non-hydrogen) atoms. The number of carbonyl (C=O) groups excluding carboxylic acids is 1. The van der Waals surface area contributed by atoms with Crippen molar-refractivity contribution < 1.29 is 13.2 Å². The number of likely N-dealkylation sites (tertiary alicyclic amines) is 1. The van der Waals surface area contributed by atoms with E-state index < -0.39 is 10.0 Å². The first-order valence-corrected chi connectivity index (χ1v) is 10.1. The zero-order chi connectivity index (χ0) is 17.0. The zero-order valence-corrected chi connectivity index (χ0v) is 15.2. The molecule has 8 heteroatoms. The normalized spacial score (nSPS) is 18.9. The Hall–Kier alpha value is -0.820. The number of rotatable bonds is 5. The van der Waals surface area contributed by atoms with Gasteiger partial charge in [0.15, 0.2) is 0 Å². The molecule has 0 saturated carbocycles. The van der Waals surface area contributed by atoms with Crippen LogP contribution in [-0.4, -0.2) is 44.6 Å². The highest BCUT2D eigenvalue weighted by Crippen LogP contribution is 2.26. The average molecular weight is 379 g/mol. The van der Waals surface area contributed by atoms with Gasteiger partial charge < -0.3 is 4.90 Å². The molecule has 1 atom stereocenters. The van der Waals surface area contributed by atoms with Crippen LogP contribution in [0.15, 0.2) is 18.2 Å². The lowest BCUT2D eigenvalue weighted by atomic mass is 10.0. The van der Waals surface area contributed by atoms with Crippen LogP contribution in [0, 0.1) is 0 Å². The highest BCUT2D eigenvalue weighted by molar-refractivity contribution is 7.88. The van der Waals surface area contributed by atoms with E-state index in [0.29, 0.717) is 22.2 Å². The molecule has 0 unspecified atom stereocenters. The Kier molecular flexibility index (Phi) is 6.31. The molecule has 128 valence electrons. The van der Waals surface area contributed by atoms with Crippen LogP contribution in [0.3, 0.4) is 0 Å². The molecule has 2 rings (SSSR count).